The Morgan fingerprint density at radius 2 is 2.02 bits per heavy atom. The first-order valence-corrected chi connectivity index (χ1v) is 16.6. The Morgan fingerprint density at radius 3 is 2.70 bits per heavy atom. The standard InChI is InChI=1S/C37H47ClN2O6/c1-6-24(3)20-39(4)34(42)19-37(44,35(43)45-5)27-11-15-33-31(18-27)40(21-26-10-13-29(26)32(41)7-2)22-36(23-46-33)16-8-9-25-17-28(38)12-14-30(25)36/h6-7,11-12,14-15,17-18,24,26,29,32,41,44H,1-2,8-10,13,16,19-23H2,3-5H3/t24?,26-,29-,32?,36-,37?/m0/s1. The summed E-state index contributed by atoms with van der Waals surface area (Å²) < 4.78 is 11.7. The van der Waals surface area contributed by atoms with Gasteiger partial charge in [-0.3, -0.25) is 4.79 Å². The van der Waals surface area contributed by atoms with Crippen LogP contribution in [-0.4, -0.2) is 73.5 Å². The highest BCUT2D eigenvalue weighted by Crippen LogP contribution is 2.47. The van der Waals surface area contributed by atoms with E-state index in [9.17, 15) is 19.8 Å². The first kappa shape index (κ1) is 34.0. The number of methoxy groups -OCH3 is 1. The van der Waals surface area contributed by atoms with Crippen LogP contribution >= 0.6 is 11.6 Å². The largest absolute Gasteiger partial charge is 0.490 e. The second kappa shape index (κ2) is 13.8. The fourth-order valence-electron chi connectivity index (χ4n) is 7.52. The predicted molar refractivity (Wildman–Crippen MR) is 180 cm³/mol. The Bertz CT molecular complexity index is 1480. The summed E-state index contributed by atoms with van der Waals surface area (Å²) in [5.74, 6) is -0.306. The van der Waals surface area contributed by atoms with Gasteiger partial charge < -0.3 is 29.5 Å². The van der Waals surface area contributed by atoms with Crippen LogP contribution in [-0.2, 0) is 31.8 Å². The van der Waals surface area contributed by atoms with Crippen LogP contribution in [0.1, 0.15) is 55.7 Å². The molecule has 5 rings (SSSR count). The summed E-state index contributed by atoms with van der Waals surface area (Å²) in [6.45, 7) is 11.7. The molecule has 1 heterocycles. The van der Waals surface area contributed by atoms with Gasteiger partial charge in [0.1, 0.15) is 5.75 Å². The Balaban J connectivity index is 1.55. The molecule has 0 bridgehead atoms. The lowest BCUT2D eigenvalue weighted by Gasteiger charge is -2.45. The second-order valence-electron chi connectivity index (χ2n) is 13.5. The van der Waals surface area contributed by atoms with Crippen LogP contribution < -0.4 is 9.64 Å². The lowest BCUT2D eigenvalue weighted by Crippen LogP contribution is -2.49. The molecule has 1 amide bonds. The molecule has 2 aromatic carbocycles. The topological polar surface area (TPSA) is 99.5 Å². The number of aliphatic hydroxyl groups excluding tert-OH is 1. The minimum atomic E-state index is -2.21. The molecule has 248 valence electrons. The number of benzene rings is 2. The first-order valence-electron chi connectivity index (χ1n) is 16.2. The fraction of sp³-hybridized carbons (Fsp3) is 0.514. The molecule has 6 atom stereocenters. The van der Waals surface area contributed by atoms with Gasteiger partial charge in [0, 0.05) is 37.1 Å². The molecule has 9 heteroatoms. The van der Waals surface area contributed by atoms with Crippen molar-refractivity contribution in [3.63, 3.8) is 0 Å². The molecule has 0 radical (unpaired) electrons. The van der Waals surface area contributed by atoms with Gasteiger partial charge in [0.25, 0.3) is 0 Å². The third kappa shape index (κ3) is 6.57. The van der Waals surface area contributed by atoms with Crippen LogP contribution in [0.4, 0.5) is 5.69 Å². The van der Waals surface area contributed by atoms with Crippen LogP contribution in [0.2, 0.25) is 5.02 Å². The second-order valence-corrected chi connectivity index (χ2v) is 14.0. The quantitative estimate of drug-likeness (QED) is 0.248. The number of fused-ring (bicyclic) bond motifs is 3. The van der Waals surface area contributed by atoms with Gasteiger partial charge in [-0.25, -0.2) is 4.79 Å². The van der Waals surface area contributed by atoms with Crippen molar-refractivity contribution in [2.75, 3.05) is 45.3 Å². The van der Waals surface area contributed by atoms with Crippen molar-refractivity contribution in [1.29, 1.82) is 0 Å². The first-order chi connectivity index (χ1) is 21.9. The summed E-state index contributed by atoms with van der Waals surface area (Å²) in [7, 11) is 2.85. The molecule has 2 aromatic rings. The molecule has 1 aliphatic heterocycles. The smallest absolute Gasteiger partial charge is 0.343 e. The fourth-order valence-corrected chi connectivity index (χ4v) is 7.72. The van der Waals surface area contributed by atoms with E-state index in [1.165, 1.54) is 23.1 Å². The summed E-state index contributed by atoms with van der Waals surface area (Å²) in [5, 5.41) is 23.3. The van der Waals surface area contributed by atoms with Crippen molar-refractivity contribution in [3.8, 4) is 5.75 Å². The number of esters is 1. The monoisotopic (exact) mass is 650 g/mol. The van der Waals surface area contributed by atoms with E-state index in [-0.39, 0.29) is 28.7 Å². The van der Waals surface area contributed by atoms with Crippen molar-refractivity contribution >= 4 is 29.2 Å². The van der Waals surface area contributed by atoms with Gasteiger partial charge in [-0.05, 0) is 90.8 Å². The highest BCUT2D eigenvalue weighted by atomic mass is 35.5. The van der Waals surface area contributed by atoms with E-state index in [4.69, 9.17) is 21.1 Å². The molecule has 46 heavy (non-hydrogen) atoms. The highest BCUT2D eigenvalue weighted by Gasteiger charge is 2.46. The Labute approximate surface area is 277 Å². The van der Waals surface area contributed by atoms with Crippen molar-refractivity contribution in [1.82, 2.24) is 4.90 Å². The number of ether oxygens (including phenoxy) is 2. The number of halogens is 1. The minimum absolute atomic E-state index is 0.0431. The van der Waals surface area contributed by atoms with Crippen molar-refractivity contribution in [3.05, 3.63) is 83.4 Å². The van der Waals surface area contributed by atoms with Crippen LogP contribution in [0.5, 0.6) is 5.75 Å². The lowest BCUT2D eigenvalue weighted by molar-refractivity contribution is -0.168. The maximum Gasteiger partial charge on any atom is 0.343 e. The predicted octanol–water partition coefficient (Wildman–Crippen LogP) is 5.42. The van der Waals surface area contributed by atoms with E-state index < -0.39 is 30.0 Å². The Hall–Kier alpha value is -3.33. The Morgan fingerprint density at radius 1 is 1.24 bits per heavy atom. The molecule has 1 fully saturated rings. The van der Waals surface area contributed by atoms with Crippen molar-refractivity contribution in [2.45, 2.75) is 62.6 Å². The minimum Gasteiger partial charge on any atom is -0.490 e. The normalized spacial score (nSPS) is 24.5. The van der Waals surface area contributed by atoms with Crippen LogP contribution in [0, 0.1) is 17.8 Å². The molecular weight excluding hydrogens is 604 g/mol. The molecule has 8 nitrogen and oxygen atoms in total. The van der Waals surface area contributed by atoms with E-state index >= 15 is 0 Å². The van der Waals surface area contributed by atoms with Gasteiger partial charge in [-0.1, -0.05) is 42.8 Å². The third-order valence-corrected chi connectivity index (χ3v) is 10.7. The van der Waals surface area contributed by atoms with E-state index in [0.717, 1.165) is 37.8 Å². The van der Waals surface area contributed by atoms with Gasteiger partial charge in [-0.15, -0.1) is 13.2 Å². The summed E-state index contributed by atoms with van der Waals surface area (Å²) in [6.07, 6.45) is 7.06. The van der Waals surface area contributed by atoms with Crippen molar-refractivity contribution < 1.29 is 29.3 Å². The number of carbonyl (C=O) groups excluding carboxylic acids is 2. The lowest BCUT2D eigenvalue weighted by atomic mass is 9.68. The van der Waals surface area contributed by atoms with Gasteiger partial charge in [0.05, 0.1) is 31.9 Å². The van der Waals surface area contributed by atoms with E-state index in [1.54, 1.807) is 37.4 Å². The number of amides is 1. The summed E-state index contributed by atoms with van der Waals surface area (Å²) >= 11 is 6.41. The zero-order chi connectivity index (χ0) is 33.2. The average Bonchev–Trinajstić information content (AvgIpc) is 3.18. The number of aryl methyl sites for hydroxylation is 1. The van der Waals surface area contributed by atoms with Gasteiger partial charge in [0.15, 0.2) is 5.60 Å². The number of nitrogens with zero attached hydrogens (tertiary/aromatic N) is 2. The molecule has 1 spiro atoms. The molecular formula is C37H47ClN2O6. The number of hydrogen-bond donors (Lipinski definition) is 2. The number of carbonyl (C=O) groups is 2. The third-order valence-electron chi connectivity index (χ3n) is 10.4. The number of anilines is 1. The average molecular weight is 651 g/mol. The molecule has 2 aliphatic carbocycles. The van der Waals surface area contributed by atoms with E-state index in [1.807, 2.05) is 13.0 Å². The van der Waals surface area contributed by atoms with Crippen LogP contribution in [0.3, 0.4) is 0 Å². The molecule has 3 unspecified atom stereocenters. The molecule has 0 saturated heterocycles. The zero-order valence-electron chi connectivity index (χ0n) is 27.2. The zero-order valence-corrected chi connectivity index (χ0v) is 28.0. The molecule has 2 N–H and O–H groups in total. The summed E-state index contributed by atoms with van der Waals surface area (Å²) in [6, 6.07) is 11.3. The van der Waals surface area contributed by atoms with Gasteiger partial charge in [-0.2, -0.15) is 0 Å². The van der Waals surface area contributed by atoms with Gasteiger partial charge >= 0.3 is 5.97 Å². The maximum absolute atomic E-state index is 13.3. The van der Waals surface area contributed by atoms with Crippen molar-refractivity contribution in [2.24, 2.45) is 17.8 Å². The van der Waals surface area contributed by atoms with Gasteiger partial charge in [0.2, 0.25) is 5.91 Å². The molecule has 3 aliphatic rings. The number of hydrogen-bond acceptors (Lipinski definition) is 7. The van der Waals surface area contributed by atoms with E-state index in [0.29, 0.717) is 37.0 Å². The molecule has 1 saturated carbocycles. The summed E-state index contributed by atoms with van der Waals surface area (Å²) in [5.41, 5.74) is 0.921. The number of rotatable bonds is 11. The van der Waals surface area contributed by atoms with Crippen LogP contribution in [0.25, 0.3) is 0 Å². The molecule has 0 aromatic heterocycles. The van der Waals surface area contributed by atoms with E-state index in [2.05, 4.69) is 30.2 Å². The Kier molecular flexibility index (Phi) is 10.2. The highest BCUT2D eigenvalue weighted by molar-refractivity contribution is 6.30. The summed E-state index contributed by atoms with van der Waals surface area (Å²) in [4.78, 5) is 30.3. The number of aliphatic hydroxyl groups is 2. The SMILES string of the molecule is C=CC(C)CN(C)C(=O)CC(O)(C(=O)OC)c1ccc2c(c1)N(C[C@@H]1CC[C@@H]1C(O)C=C)C[C@@]1(CCCc3cc(Cl)ccc31)CO2. The maximum atomic E-state index is 13.3. The van der Waals surface area contributed by atoms with Crippen LogP contribution in [0.15, 0.2) is 61.7 Å².